The molecule has 10 heteroatoms. The van der Waals surface area contributed by atoms with Gasteiger partial charge in [-0.25, -0.2) is 0 Å². The summed E-state index contributed by atoms with van der Waals surface area (Å²) in [6.07, 6.45) is 0.225. The van der Waals surface area contributed by atoms with Crippen LogP contribution in [0.4, 0.5) is 5.69 Å². The molecule has 216 valence electrons. The number of hydrogen-bond donors (Lipinski definition) is 2. The Balaban J connectivity index is 1.08. The minimum atomic E-state index is -0.981. The van der Waals surface area contributed by atoms with E-state index >= 15 is 0 Å². The highest BCUT2D eigenvalue weighted by atomic mass is 16.5. The van der Waals surface area contributed by atoms with Crippen molar-refractivity contribution in [3.8, 4) is 0 Å². The Morgan fingerprint density at radius 3 is 2.46 bits per heavy atom. The summed E-state index contributed by atoms with van der Waals surface area (Å²) in [6.45, 7) is 11.8. The van der Waals surface area contributed by atoms with E-state index in [0.717, 1.165) is 43.3 Å². The molecular formula is C31H37N5O5. The molecule has 0 spiro atoms. The average molecular weight is 560 g/mol. The first-order valence-corrected chi connectivity index (χ1v) is 14.5. The van der Waals surface area contributed by atoms with Crippen LogP contribution in [0.3, 0.4) is 0 Å². The molecule has 3 atom stereocenters. The summed E-state index contributed by atoms with van der Waals surface area (Å²) in [7, 11) is 0. The van der Waals surface area contributed by atoms with Crippen LogP contribution in [0.15, 0.2) is 36.4 Å². The summed E-state index contributed by atoms with van der Waals surface area (Å²) < 4.78 is 5.69. The predicted molar refractivity (Wildman–Crippen MR) is 152 cm³/mol. The maximum Gasteiger partial charge on any atom is 0.264 e. The molecule has 0 aliphatic carbocycles. The first-order chi connectivity index (χ1) is 19.7. The highest BCUT2D eigenvalue weighted by Gasteiger charge is 2.45. The summed E-state index contributed by atoms with van der Waals surface area (Å²) >= 11 is 0. The third-order valence-electron chi connectivity index (χ3n) is 8.85. The Kier molecular flexibility index (Phi) is 7.39. The van der Waals surface area contributed by atoms with Crippen LogP contribution in [0.25, 0.3) is 0 Å². The number of carbonyl (C=O) groups is 4. The van der Waals surface area contributed by atoms with Gasteiger partial charge >= 0.3 is 0 Å². The van der Waals surface area contributed by atoms with Crippen LogP contribution >= 0.6 is 0 Å². The molecule has 4 aliphatic heterocycles. The second-order valence-electron chi connectivity index (χ2n) is 11.8. The fourth-order valence-corrected chi connectivity index (χ4v) is 6.74. The molecular weight excluding hydrogens is 522 g/mol. The first kappa shape index (κ1) is 27.6. The lowest BCUT2D eigenvalue weighted by molar-refractivity contribution is -0.136. The van der Waals surface area contributed by atoms with E-state index in [1.54, 1.807) is 18.2 Å². The molecule has 2 aromatic rings. The van der Waals surface area contributed by atoms with Gasteiger partial charge in [0.2, 0.25) is 11.8 Å². The SMILES string of the molecule is Cc1cc(CNc2cccc3c2C(=O)N(C2CCC(=O)NC2=O)C3=O)ccc1CN1CC(N2[C@H](C)COC[C@@H]2C)C1. The van der Waals surface area contributed by atoms with Gasteiger partial charge in [0.1, 0.15) is 6.04 Å². The number of aryl methyl sites for hydroxylation is 1. The number of benzene rings is 2. The van der Waals surface area contributed by atoms with Gasteiger partial charge in [-0.1, -0.05) is 24.3 Å². The fourth-order valence-electron chi connectivity index (χ4n) is 6.74. The second-order valence-corrected chi connectivity index (χ2v) is 11.8. The van der Waals surface area contributed by atoms with Crippen LogP contribution in [-0.2, 0) is 27.4 Å². The Bertz CT molecular complexity index is 1390. The standard InChI is InChI=1S/C31H37N5O5/c1-18-11-21(7-8-22(18)13-34-14-23(15-34)35-19(2)16-41-17-20(35)3)12-32-25-6-4-5-24-28(25)31(40)36(30(24)39)26-9-10-27(37)33-29(26)38/h4-8,11,19-20,23,26,32H,9-10,12-17H2,1-3H3,(H,33,37,38)/t19-,20+,26?. The van der Waals surface area contributed by atoms with E-state index in [0.29, 0.717) is 30.4 Å². The van der Waals surface area contributed by atoms with Gasteiger partial charge < -0.3 is 10.1 Å². The smallest absolute Gasteiger partial charge is 0.264 e. The first-order valence-electron chi connectivity index (χ1n) is 14.5. The minimum absolute atomic E-state index is 0.0922. The summed E-state index contributed by atoms with van der Waals surface area (Å²) in [6, 6.07) is 12.1. The molecule has 1 unspecified atom stereocenters. The van der Waals surface area contributed by atoms with Gasteiger partial charge in [0, 0.05) is 56.4 Å². The Morgan fingerprint density at radius 1 is 1.00 bits per heavy atom. The van der Waals surface area contributed by atoms with Crippen molar-refractivity contribution in [2.75, 3.05) is 31.6 Å². The molecule has 4 amide bonds. The van der Waals surface area contributed by atoms with E-state index in [2.05, 4.69) is 59.4 Å². The van der Waals surface area contributed by atoms with Crippen LogP contribution in [0.5, 0.6) is 0 Å². The van der Waals surface area contributed by atoms with Gasteiger partial charge in [0.05, 0.1) is 24.3 Å². The number of anilines is 1. The molecule has 2 N–H and O–H groups in total. The van der Waals surface area contributed by atoms with Gasteiger partial charge in [-0.2, -0.15) is 0 Å². The van der Waals surface area contributed by atoms with E-state index in [4.69, 9.17) is 4.74 Å². The number of nitrogens with zero attached hydrogens (tertiary/aromatic N) is 3. The predicted octanol–water partition coefficient (Wildman–Crippen LogP) is 2.30. The van der Waals surface area contributed by atoms with Crippen molar-refractivity contribution in [2.24, 2.45) is 0 Å². The average Bonchev–Trinajstić information content (AvgIpc) is 3.17. The number of morpholine rings is 1. The van der Waals surface area contributed by atoms with Crippen LogP contribution in [0.1, 0.15) is 64.1 Å². The number of ether oxygens (including phenoxy) is 1. The van der Waals surface area contributed by atoms with Gasteiger partial charge in [-0.3, -0.25) is 39.2 Å². The maximum absolute atomic E-state index is 13.3. The highest BCUT2D eigenvalue weighted by Crippen LogP contribution is 2.33. The Hall–Kier alpha value is -3.60. The molecule has 3 fully saturated rings. The van der Waals surface area contributed by atoms with Gasteiger partial charge in [0.15, 0.2) is 0 Å². The number of likely N-dealkylation sites (tertiary alicyclic amines) is 1. The molecule has 0 bridgehead atoms. The quantitative estimate of drug-likeness (QED) is 0.498. The van der Waals surface area contributed by atoms with Crippen molar-refractivity contribution in [3.05, 3.63) is 64.2 Å². The highest BCUT2D eigenvalue weighted by molar-refractivity contribution is 6.25. The molecule has 10 nitrogen and oxygen atoms in total. The van der Waals surface area contributed by atoms with Gasteiger partial charge in [0.25, 0.3) is 11.8 Å². The number of amides is 4. The Labute approximate surface area is 240 Å². The topological polar surface area (TPSA) is 111 Å². The van der Waals surface area contributed by atoms with E-state index in [-0.39, 0.29) is 24.0 Å². The lowest BCUT2D eigenvalue weighted by Gasteiger charge is -2.51. The van der Waals surface area contributed by atoms with Crippen LogP contribution < -0.4 is 10.6 Å². The lowest BCUT2D eigenvalue weighted by atomic mass is 9.98. The fraction of sp³-hybridized carbons (Fsp3) is 0.484. The lowest BCUT2D eigenvalue weighted by Crippen LogP contribution is -2.65. The third kappa shape index (κ3) is 5.16. The monoisotopic (exact) mass is 559 g/mol. The molecule has 0 radical (unpaired) electrons. The zero-order valence-corrected chi connectivity index (χ0v) is 23.8. The maximum atomic E-state index is 13.3. The Morgan fingerprint density at radius 2 is 1.76 bits per heavy atom. The van der Waals surface area contributed by atoms with E-state index in [1.165, 1.54) is 11.1 Å². The van der Waals surface area contributed by atoms with Crippen LogP contribution in [0, 0.1) is 6.92 Å². The normalized spacial score (nSPS) is 25.7. The molecule has 41 heavy (non-hydrogen) atoms. The van der Waals surface area contributed by atoms with Gasteiger partial charge in [-0.05, 0) is 56.0 Å². The third-order valence-corrected chi connectivity index (χ3v) is 8.85. The molecule has 0 aromatic heterocycles. The number of rotatable bonds is 7. The number of imide groups is 2. The van der Waals surface area contributed by atoms with Crippen molar-refractivity contribution < 1.29 is 23.9 Å². The number of nitrogens with one attached hydrogen (secondary N) is 2. The van der Waals surface area contributed by atoms with Crippen molar-refractivity contribution in [2.45, 2.75) is 70.9 Å². The van der Waals surface area contributed by atoms with Crippen molar-refractivity contribution in [3.63, 3.8) is 0 Å². The number of fused-ring (bicyclic) bond motifs is 1. The second kappa shape index (κ2) is 11.0. The number of carbonyl (C=O) groups excluding carboxylic acids is 4. The number of piperidine rings is 1. The molecule has 3 saturated heterocycles. The van der Waals surface area contributed by atoms with E-state index < -0.39 is 29.7 Å². The zero-order chi connectivity index (χ0) is 28.8. The zero-order valence-electron chi connectivity index (χ0n) is 23.8. The summed E-state index contributed by atoms with van der Waals surface area (Å²) in [5, 5.41) is 5.57. The largest absolute Gasteiger partial charge is 0.380 e. The molecule has 2 aromatic carbocycles. The molecule has 4 aliphatic rings. The van der Waals surface area contributed by atoms with E-state index in [9.17, 15) is 19.2 Å². The summed E-state index contributed by atoms with van der Waals surface area (Å²) in [5.74, 6) is -2.02. The molecule has 6 rings (SSSR count). The van der Waals surface area contributed by atoms with Crippen LogP contribution in [-0.4, -0.2) is 88.8 Å². The van der Waals surface area contributed by atoms with Crippen molar-refractivity contribution in [1.82, 2.24) is 20.0 Å². The van der Waals surface area contributed by atoms with Gasteiger partial charge in [-0.15, -0.1) is 0 Å². The number of hydrogen-bond acceptors (Lipinski definition) is 8. The molecule has 4 heterocycles. The minimum Gasteiger partial charge on any atom is -0.380 e. The van der Waals surface area contributed by atoms with E-state index in [1.807, 2.05) is 0 Å². The molecule has 0 saturated carbocycles. The van der Waals surface area contributed by atoms with Crippen LogP contribution in [0.2, 0.25) is 0 Å². The van der Waals surface area contributed by atoms with Crippen molar-refractivity contribution in [1.29, 1.82) is 0 Å². The summed E-state index contributed by atoms with van der Waals surface area (Å²) in [5.41, 5.74) is 4.68. The van der Waals surface area contributed by atoms with Crippen molar-refractivity contribution >= 4 is 29.3 Å². The summed E-state index contributed by atoms with van der Waals surface area (Å²) in [4.78, 5) is 56.5.